The molecule has 14 heavy (non-hydrogen) atoms. The van der Waals surface area contributed by atoms with Gasteiger partial charge < -0.3 is 15.7 Å². The predicted octanol–water partition coefficient (Wildman–Crippen LogP) is 0.0344. The van der Waals surface area contributed by atoms with Crippen LogP contribution in [0, 0.1) is 0 Å². The summed E-state index contributed by atoms with van der Waals surface area (Å²) in [4.78, 5) is 13.5. The Balaban J connectivity index is 2.57. The molecule has 4 nitrogen and oxygen atoms in total. The first-order chi connectivity index (χ1) is 6.52. The molecule has 0 bridgehead atoms. The molecule has 0 aromatic carbocycles. The average molecular weight is 216 g/mol. The van der Waals surface area contributed by atoms with Crippen molar-refractivity contribution >= 4 is 23.1 Å². The van der Waals surface area contributed by atoms with Crippen molar-refractivity contribution in [2.45, 2.75) is 38.3 Å². The van der Waals surface area contributed by atoms with Crippen LogP contribution < -0.4 is 5.73 Å². The number of hydrogen-bond donors (Lipinski definition) is 2. The number of nitrogens with zero attached hydrogens (tertiary/aromatic N) is 1. The summed E-state index contributed by atoms with van der Waals surface area (Å²) in [6, 6.07) is -0.120. The highest BCUT2D eigenvalue weighted by Gasteiger charge is 2.29. The quantitative estimate of drug-likeness (QED) is 0.639. The smallest absolute Gasteiger partial charge is 0.229 e. The maximum absolute atomic E-state index is 11.6. The van der Waals surface area contributed by atoms with Gasteiger partial charge in [-0.05, 0) is 19.8 Å². The van der Waals surface area contributed by atoms with Crippen LogP contribution in [0.15, 0.2) is 0 Å². The zero-order chi connectivity index (χ0) is 10.7. The minimum atomic E-state index is -0.418. The summed E-state index contributed by atoms with van der Waals surface area (Å²) < 4.78 is 0. The van der Waals surface area contributed by atoms with Crippen molar-refractivity contribution in [2.75, 3.05) is 6.54 Å². The number of nitrogens with two attached hydrogens (primary N) is 1. The third-order valence-corrected chi connectivity index (χ3v) is 2.74. The van der Waals surface area contributed by atoms with Crippen molar-refractivity contribution in [2.24, 2.45) is 5.73 Å². The molecule has 0 aliphatic carbocycles. The first-order valence-electron chi connectivity index (χ1n) is 4.78. The van der Waals surface area contributed by atoms with E-state index >= 15 is 0 Å². The molecule has 0 aromatic heterocycles. The lowest BCUT2D eigenvalue weighted by Gasteiger charge is -2.36. The lowest BCUT2D eigenvalue weighted by Crippen LogP contribution is -2.49. The van der Waals surface area contributed by atoms with Crippen molar-refractivity contribution in [3.63, 3.8) is 0 Å². The average Bonchev–Trinajstić information content (AvgIpc) is 2.08. The van der Waals surface area contributed by atoms with E-state index < -0.39 is 6.10 Å². The number of likely N-dealkylation sites (tertiary alicyclic amines) is 1. The van der Waals surface area contributed by atoms with Crippen LogP contribution in [0.3, 0.4) is 0 Å². The number of carbonyl (C=O) groups excluding carboxylic acids is 1. The van der Waals surface area contributed by atoms with E-state index in [-0.39, 0.29) is 23.4 Å². The third kappa shape index (κ3) is 2.65. The second-order valence-corrected chi connectivity index (χ2v) is 4.20. The third-order valence-electron chi connectivity index (χ3n) is 2.59. The number of thiocarbonyl (C=S) groups is 1. The van der Waals surface area contributed by atoms with Crippen LogP contribution in [-0.2, 0) is 4.79 Å². The standard InChI is InChI=1S/C9H16N2O2S/c1-6-7(12)3-2-4-11(6)9(13)5-8(10)14/h6-7,12H,2-5H2,1H3,(H2,10,14). The van der Waals surface area contributed by atoms with Crippen molar-refractivity contribution in [1.82, 2.24) is 4.90 Å². The summed E-state index contributed by atoms with van der Waals surface area (Å²) in [6.07, 6.45) is 1.29. The minimum Gasteiger partial charge on any atom is -0.393 e. The van der Waals surface area contributed by atoms with Gasteiger partial charge in [-0.2, -0.15) is 0 Å². The number of rotatable bonds is 2. The van der Waals surface area contributed by atoms with Gasteiger partial charge >= 0.3 is 0 Å². The van der Waals surface area contributed by atoms with Gasteiger partial charge in [0.05, 0.1) is 23.6 Å². The number of aliphatic hydroxyl groups excluding tert-OH is 1. The molecule has 2 unspecified atom stereocenters. The molecule has 1 amide bonds. The second kappa shape index (κ2) is 4.70. The molecular weight excluding hydrogens is 200 g/mol. The number of carbonyl (C=O) groups is 1. The highest BCUT2D eigenvalue weighted by Crippen LogP contribution is 2.17. The zero-order valence-corrected chi connectivity index (χ0v) is 9.09. The van der Waals surface area contributed by atoms with Gasteiger partial charge in [-0.25, -0.2) is 0 Å². The number of aliphatic hydroxyl groups is 1. The van der Waals surface area contributed by atoms with Crippen molar-refractivity contribution < 1.29 is 9.90 Å². The van der Waals surface area contributed by atoms with Gasteiger partial charge in [0, 0.05) is 6.54 Å². The van der Waals surface area contributed by atoms with Crippen LogP contribution in [0.25, 0.3) is 0 Å². The maximum atomic E-state index is 11.6. The van der Waals surface area contributed by atoms with Gasteiger partial charge in [-0.1, -0.05) is 12.2 Å². The highest BCUT2D eigenvalue weighted by molar-refractivity contribution is 7.80. The molecule has 1 heterocycles. The molecule has 0 spiro atoms. The molecule has 1 aliphatic heterocycles. The molecule has 80 valence electrons. The summed E-state index contributed by atoms with van der Waals surface area (Å²) in [5.74, 6) is -0.0799. The van der Waals surface area contributed by atoms with E-state index in [4.69, 9.17) is 5.73 Å². The Kier molecular flexibility index (Phi) is 3.83. The minimum absolute atomic E-state index is 0.0799. The molecule has 1 rings (SSSR count). The Morgan fingerprint density at radius 2 is 2.36 bits per heavy atom. The predicted molar refractivity (Wildman–Crippen MR) is 57.8 cm³/mol. The lowest BCUT2D eigenvalue weighted by molar-refractivity contribution is -0.136. The molecule has 3 N–H and O–H groups in total. The first-order valence-corrected chi connectivity index (χ1v) is 5.19. The Morgan fingerprint density at radius 3 is 2.93 bits per heavy atom. The fourth-order valence-corrected chi connectivity index (χ4v) is 1.85. The maximum Gasteiger partial charge on any atom is 0.229 e. The van der Waals surface area contributed by atoms with Crippen LogP contribution in [-0.4, -0.2) is 39.6 Å². The normalized spacial score (nSPS) is 27.4. The highest BCUT2D eigenvalue weighted by atomic mass is 32.1. The molecule has 0 aromatic rings. The molecule has 5 heteroatoms. The molecule has 0 radical (unpaired) electrons. The van der Waals surface area contributed by atoms with Crippen molar-refractivity contribution in [3.05, 3.63) is 0 Å². The van der Waals surface area contributed by atoms with Crippen LogP contribution in [0.4, 0.5) is 0 Å². The van der Waals surface area contributed by atoms with Crippen LogP contribution >= 0.6 is 12.2 Å². The van der Waals surface area contributed by atoms with E-state index in [2.05, 4.69) is 12.2 Å². The van der Waals surface area contributed by atoms with Crippen molar-refractivity contribution in [3.8, 4) is 0 Å². The molecular formula is C9H16N2O2S. The van der Waals surface area contributed by atoms with Gasteiger partial charge in [0.2, 0.25) is 5.91 Å². The molecule has 1 aliphatic rings. The summed E-state index contributed by atoms with van der Waals surface area (Å²) in [5, 5.41) is 9.57. The summed E-state index contributed by atoms with van der Waals surface area (Å²) >= 11 is 4.68. The van der Waals surface area contributed by atoms with Gasteiger partial charge in [0.1, 0.15) is 0 Å². The summed E-state index contributed by atoms with van der Waals surface area (Å²) in [5.41, 5.74) is 5.30. The van der Waals surface area contributed by atoms with Crippen molar-refractivity contribution in [1.29, 1.82) is 0 Å². The van der Waals surface area contributed by atoms with Crippen LogP contribution in [0.1, 0.15) is 26.2 Å². The van der Waals surface area contributed by atoms with Gasteiger partial charge in [0.25, 0.3) is 0 Å². The number of amides is 1. The van der Waals surface area contributed by atoms with E-state index in [0.717, 1.165) is 12.8 Å². The summed E-state index contributed by atoms with van der Waals surface area (Å²) in [7, 11) is 0. The van der Waals surface area contributed by atoms with E-state index in [1.807, 2.05) is 6.92 Å². The van der Waals surface area contributed by atoms with Gasteiger partial charge in [0.15, 0.2) is 0 Å². The molecule has 1 fully saturated rings. The molecule has 1 saturated heterocycles. The topological polar surface area (TPSA) is 66.6 Å². The second-order valence-electron chi connectivity index (χ2n) is 3.68. The largest absolute Gasteiger partial charge is 0.393 e. The van der Waals surface area contributed by atoms with E-state index in [1.54, 1.807) is 4.90 Å². The molecule has 2 atom stereocenters. The Labute approximate surface area is 89.1 Å². The van der Waals surface area contributed by atoms with Crippen LogP contribution in [0.2, 0.25) is 0 Å². The Bertz CT molecular complexity index is 245. The van der Waals surface area contributed by atoms with Crippen LogP contribution in [0.5, 0.6) is 0 Å². The lowest BCUT2D eigenvalue weighted by atomic mass is 10.00. The number of piperidine rings is 1. The SMILES string of the molecule is CC1C(O)CCCN1C(=O)CC(N)=S. The Morgan fingerprint density at radius 1 is 1.71 bits per heavy atom. The fraction of sp³-hybridized carbons (Fsp3) is 0.778. The van der Waals surface area contributed by atoms with E-state index in [9.17, 15) is 9.90 Å². The van der Waals surface area contributed by atoms with Gasteiger partial charge in [-0.15, -0.1) is 0 Å². The zero-order valence-electron chi connectivity index (χ0n) is 8.27. The van der Waals surface area contributed by atoms with E-state index in [1.165, 1.54) is 0 Å². The Hall–Kier alpha value is -0.680. The fourth-order valence-electron chi connectivity index (χ4n) is 1.73. The first kappa shape index (κ1) is 11.4. The monoisotopic (exact) mass is 216 g/mol. The molecule has 0 saturated carbocycles. The van der Waals surface area contributed by atoms with E-state index in [0.29, 0.717) is 6.54 Å². The summed E-state index contributed by atoms with van der Waals surface area (Å²) in [6.45, 7) is 2.54. The van der Waals surface area contributed by atoms with Gasteiger partial charge in [-0.3, -0.25) is 4.79 Å². The number of hydrogen-bond acceptors (Lipinski definition) is 3.